The van der Waals surface area contributed by atoms with E-state index in [4.69, 9.17) is 0 Å². The summed E-state index contributed by atoms with van der Waals surface area (Å²) in [7, 11) is 0. The predicted molar refractivity (Wildman–Crippen MR) is 96.5 cm³/mol. The Hall–Kier alpha value is -0.630. The van der Waals surface area contributed by atoms with Gasteiger partial charge in [0.2, 0.25) is 0 Å². The number of aliphatic hydroxyl groups is 1. The smallest absolute Gasteiger partial charge is 0.158 e. The fourth-order valence-corrected chi connectivity index (χ4v) is 7.77. The van der Waals surface area contributed by atoms with Gasteiger partial charge in [0.25, 0.3) is 0 Å². The highest BCUT2D eigenvalue weighted by molar-refractivity contribution is 5.96. The summed E-state index contributed by atoms with van der Waals surface area (Å²) >= 11 is 0. The largest absolute Gasteiger partial charge is 0.390 e. The van der Waals surface area contributed by atoms with Crippen LogP contribution in [0.4, 0.5) is 0 Å². The average molecular weight is 331 g/mol. The Bertz CT molecular complexity index is 615. The maximum absolute atomic E-state index is 12.3. The zero-order chi connectivity index (χ0) is 17.5. The number of fused-ring (bicyclic) bond motifs is 5. The van der Waals surface area contributed by atoms with Gasteiger partial charge >= 0.3 is 0 Å². The van der Waals surface area contributed by atoms with Crippen LogP contribution in [0.15, 0.2) is 11.1 Å². The van der Waals surface area contributed by atoms with Gasteiger partial charge < -0.3 is 5.11 Å². The number of ketones is 1. The molecule has 3 saturated carbocycles. The second kappa shape index (κ2) is 4.96. The SMILES string of the molecule is CC1=C2C(C)C[C@@H]3[C@H](CC[C@@]4(C)[C@H]3CC[C@]4(C)O)[C@@]2(C)CCC1=O. The zero-order valence-corrected chi connectivity index (χ0v) is 16.1. The molecule has 24 heavy (non-hydrogen) atoms. The van der Waals surface area contributed by atoms with Gasteiger partial charge in [-0.15, -0.1) is 0 Å². The summed E-state index contributed by atoms with van der Waals surface area (Å²) in [4.78, 5) is 12.3. The minimum absolute atomic E-state index is 0.0883. The first-order valence-corrected chi connectivity index (χ1v) is 10.1. The van der Waals surface area contributed by atoms with Gasteiger partial charge in [0, 0.05) is 6.42 Å². The molecule has 0 amide bonds. The normalized spacial score (nSPS) is 54.3. The third-order valence-electron chi connectivity index (χ3n) is 9.25. The minimum atomic E-state index is -0.499. The van der Waals surface area contributed by atoms with E-state index < -0.39 is 5.60 Å². The van der Waals surface area contributed by atoms with Crippen LogP contribution in [-0.2, 0) is 4.79 Å². The molecule has 0 spiro atoms. The van der Waals surface area contributed by atoms with Crippen molar-refractivity contribution in [1.82, 2.24) is 0 Å². The molecule has 1 N–H and O–H groups in total. The second-order valence-corrected chi connectivity index (χ2v) is 10.2. The van der Waals surface area contributed by atoms with E-state index in [0.29, 0.717) is 23.5 Å². The van der Waals surface area contributed by atoms with Crippen molar-refractivity contribution in [1.29, 1.82) is 0 Å². The van der Waals surface area contributed by atoms with Crippen LogP contribution >= 0.6 is 0 Å². The number of Topliss-reactive ketones (excluding diaryl/α,β-unsaturated/α-hetero) is 1. The Labute approximate surface area is 147 Å². The first-order chi connectivity index (χ1) is 11.1. The quantitative estimate of drug-likeness (QED) is 0.685. The fraction of sp³-hybridized carbons (Fsp3) is 0.864. The lowest BCUT2D eigenvalue weighted by Crippen LogP contribution is -2.55. The highest BCUT2D eigenvalue weighted by atomic mass is 16.3. The van der Waals surface area contributed by atoms with Crippen LogP contribution in [0, 0.1) is 34.5 Å². The number of carbonyl (C=O) groups excluding carboxylic acids is 1. The van der Waals surface area contributed by atoms with E-state index in [1.54, 1.807) is 0 Å². The maximum Gasteiger partial charge on any atom is 0.158 e. The molecule has 3 fully saturated rings. The molecular weight excluding hydrogens is 296 g/mol. The van der Waals surface area contributed by atoms with Crippen molar-refractivity contribution < 1.29 is 9.90 Å². The number of allylic oxidation sites excluding steroid dienone is 1. The molecule has 2 nitrogen and oxygen atoms in total. The molecule has 0 heterocycles. The Morgan fingerprint density at radius 2 is 1.71 bits per heavy atom. The molecule has 1 unspecified atom stereocenters. The Morgan fingerprint density at radius 1 is 1.04 bits per heavy atom. The van der Waals surface area contributed by atoms with Gasteiger partial charge in [-0.2, -0.15) is 0 Å². The molecule has 2 heteroatoms. The molecule has 4 aliphatic rings. The lowest BCUT2D eigenvalue weighted by atomic mass is 9.44. The Kier molecular flexibility index (Phi) is 3.48. The third-order valence-corrected chi connectivity index (χ3v) is 9.25. The molecule has 0 radical (unpaired) electrons. The van der Waals surface area contributed by atoms with Gasteiger partial charge in [-0.1, -0.05) is 26.3 Å². The maximum atomic E-state index is 12.3. The van der Waals surface area contributed by atoms with Crippen LogP contribution in [0.25, 0.3) is 0 Å². The van der Waals surface area contributed by atoms with Crippen molar-refractivity contribution in [2.24, 2.45) is 34.5 Å². The average Bonchev–Trinajstić information content (AvgIpc) is 2.74. The first-order valence-electron chi connectivity index (χ1n) is 10.1. The lowest BCUT2D eigenvalue weighted by Gasteiger charge is -2.60. The van der Waals surface area contributed by atoms with Gasteiger partial charge in [0.05, 0.1) is 5.60 Å². The summed E-state index contributed by atoms with van der Waals surface area (Å²) in [5.41, 5.74) is 2.39. The molecule has 4 aliphatic carbocycles. The lowest BCUT2D eigenvalue weighted by molar-refractivity contribution is -0.128. The van der Waals surface area contributed by atoms with E-state index in [9.17, 15) is 9.90 Å². The molecule has 0 saturated heterocycles. The van der Waals surface area contributed by atoms with E-state index in [-0.39, 0.29) is 10.8 Å². The zero-order valence-electron chi connectivity index (χ0n) is 16.1. The predicted octanol–water partition coefficient (Wildman–Crippen LogP) is 4.91. The Balaban J connectivity index is 1.77. The summed E-state index contributed by atoms with van der Waals surface area (Å²) in [5, 5.41) is 11.0. The number of hydrogen-bond donors (Lipinski definition) is 1. The van der Waals surface area contributed by atoms with Crippen LogP contribution in [0.3, 0.4) is 0 Å². The van der Waals surface area contributed by atoms with Crippen LogP contribution in [-0.4, -0.2) is 16.5 Å². The molecule has 0 aromatic rings. The van der Waals surface area contributed by atoms with Gasteiger partial charge in [0.15, 0.2) is 5.78 Å². The van der Waals surface area contributed by atoms with Crippen molar-refractivity contribution in [2.75, 3.05) is 0 Å². The second-order valence-electron chi connectivity index (χ2n) is 10.2. The summed E-state index contributed by atoms with van der Waals surface area (Å²) in [5.74, 6) is 3.00. The molecule has 134 valence electrons. The molecule has 0 bridgehead atoms. The summed E-state index contributed by atoms with van der Waals surface area (Å²) in [6.07, 6.45) is 7.52. The topological polar surface area (TPSA) is 37.3 Å². The van der Waals surface area contributed by atoms with Gasteiger partial charge in [-0.3, -0.25) is 4.79 Å². The molecule has 7 atom stereocenters. The van der Waals surface area contributed by atoms with Gasteiger partial charge in [-0.25, -0.2) is 0 Å². The summed E-state index contributed by atoms with van der Waals surface area (Å²) < 4.78 is 0. The van der Waals surface area contributed by atoms with E-state index in [0.717, 1.165) is 37.2 Å². The minimum Gasteiger partial charge on any atom is -0.390 e. The number of rotatable bonds is 0. The fourth-order valence-electron chi connectivity index (χ4n) is 7.77. The molecular formula is C22H34O2. The molecule has 0 aromatic carbocycles. The highest BCUT2D eigenvalue weighted by Gasteiger charge is 2.63. The monoisotopic (exact) mass is 330 g/mol. The first kappa shape index (κ1) is 16.8. The molecule has 0 aromatic heterocycles. The highest BCUT2D eigenvalue weighted by Crippen LogP contribution is 2.68. The van der Waals surface area contributed by atoms with Crippen LogP contribution in [0.5, 0.6) is 0 Å². The van der Waals surface area contributed by atoms with Crippen LogP contribution in [0.2, 0.25) is 0 Å². The van der Waals surface area contributed by atoms with Gasteiger partial charge in [-0.05, 0) is 92.4 Å². The van der Waals surface area contributed by atoms with Gasteiger partial charge in [0.1, 0.15) is 0 Å². The Morgan fingerprint density at radius 3 is 2.42 bits per heavy atom. The van der Waals surface area contributed by atoms with Crippen molar-refractivity contribution in [3.63, 3.8) is 0 Å². The van der Waals surface area contributed by atoms with E-state index in [2.05, 4.69) is 34.6 Å². The van der Waals surface area contributed by atoms with E-state index in [1.165, 1.54) is 24.8 Å². The summed E-state index contributed by atoms with van der Waals surface area (Å²) in [6, 6.07) is 0. The summed E-state index contributed by atoms with van der Waals surface area (Å²) in [6.45, 7) is 11.3. The van der Waals surface area contributed by atoms with Crippen LogP contribution < -0.4 is 0 Å². The standard InChI is InChI=1S/C22H34O2/c1-13-12-15-16(20(3)9-8-18(23)14(2)19(13)20)6-10-21(4)17(15)7-11-22(21,5)24/h13,15-17,24H,6-12H2,1-5H3/t13?,15-,16+,17+,20-,21+,22+/m1/s1. The van der Waals surface area contributed by atoms with E-state index in [1.807, 2.05) is 0 Å². The number of hydrogen-bond acceptors (Lipinski definition) is 2. The van der Waals surface area contributed by atoms with Crippen molar-refractivity contribution >= 4 is 5.78 Å². The van der Waals surface area contributed by atoms with Crippen molar-refractivity contribution in [3.8, 4) is 0 Å². The van der Waals surface area contributed by atoms with Crippen LogP contribution in [0.1, 0.15) is 79.6 Å². The van der Waals surface area contributed by atoms with Crippen molar-refractivity contribution in [2.45, 2.75) is 85.2 Å². The molecule has 0 aliphatic heterocycles. The van der Waals surface area contributed by atoms with E-state index >= 15 is 0 Å². The molecule has 4 rings (SSSR count). The third kappa shape index (κ3) is 1.90. The number of carbonyl (C=O) groups is 1. The van der Waals surface area contributed by atoms with Crippen molar-refractivity contribution in [3.05, 3.63) is 11.1 Å².